The number of nitrogens with zero attached hydrogens (tertiary/aromatic N) is 4. The summed E-state index contributed by atoms with van der Waals surface area (Å²) in [6.07, 6.45) is 0. The van der Waals surface area contributed by atoms with E-state index in [1.165, 1.54) is 142 Å². The van der Waals surface area contributed by atoms with E-state index in [2.05, 4.69) is 356 Å². The highest BCUT2D eigenvalue weighted by Crippen LogP contribution is 2.54. The summed E-state index contributed by atoms with van der Waals surface area (Å²) in [4.78, 5) is 5.14. The molecule has 13 aromatic carbocycles. The summed E-state index contributed by atoms with van der Waals surface area (Å²) in [5.74, 6) is 0. The lowest BCUT2D eigenvalue weighted by molar-refractivity contribution is 0.590. The molecule has 4 aromatic heterocycles. The van der Waals surface area contributed by atoms with Gasteiger partial charge < -0.3 is 18.6 Å². The fourth-order valence-electron chi connectivity index (χ4n) is 15.4. The number of para-hydroxylation sites is 2. The van der Waals surface area contributed by atoms with Gasteiger partial charge >= 0.3 is 0 Å². The number of aromatic nitrogens is 2. The molecular weight excluding hydrogens is 1140 g/mol. The number of hydrogen-bond acceptors (Lipinski definition) is 2. The van der Waals surface area contributed by atoms with Crippen molar-refractivity contribution in [3.63, 3.8) is 0 Å². The first-order valence-corrected chi connectivity index (χ1v) is 33.6. The highest BCUT2D eigenvalue weighted by molar-refractivity contribution is 6.32. The molecule has 0 aliphatic carbocycles. The Labute approximate surface area is 551 Å². The smallest absolute Gasteiger partial charge is 0.0641 e. The van der Waals surface area contributed by atoms with Gasteiger partial charge in [-0.2, -0.15) is 0 Å². The van der Waals surface area contributed by atoms with E-state index in [-0.39, 0.29) is 21.7 Å². The molecule has 17 aromatic rings. The molecule has 94 heavy (non-hydrogen) atoms. The Hall–Kier alpha value is -10.4. The first-order chi connectivity index (χ1) is 45.2. The number of benzene rings is 13. The lowest BCUT2D eigenvalue weighted by Crippen LogP contribution is -2.15. The average Bonchev–Trinajstić information content (AvgIpc) is 1.51. The molecule has 0 aliphatic rings. The van der Waals surface area contributed by atoms with Gasteiger partial charge in [-0.1, -0.05) is 241 Å². The minimum absolute atomic E-state index is 0.0858. The van der Waals surface area contributed by atoms with Crippen LogP contribution in [0.5, 0.6) is 0 Å². The lowest BCUT2D eigenvalue weighted by Gasteiger charge is -2.31. The zero-order valence-electron chi connectivity index (χ0n) is 56.0. The fourth-order valence-corrected chi connectivity index (χ4v) is 15.4. The molecule has 458 valence electrons. The van der Waals surface area contributed by atoms with Crippen LogP contribution in [0.15, 0.2) is 255 Å². The average molecular weight is 1220 g/mol. The van der Waals surface area contributed by atoms with Crippen LogP contribution in [0.1, 0.15) is 105 Å². The molecule has 0 aliphatic heterocycles. The number of hydrogen-bond donors (Lipinski definition) is 0. The monoisotopic (exact) mass is 1210 g/mol. The second-order valence-electron chi connectivity index (χ2n) is 30.7. The fraction of sp³-hybridized carbons (Fsp3) is 0.178. The first-order valence-electron chi connectivity index (χ1n) is 33.6. The van der Waals surface area contributed by atoms with E-state index in [1.54, 1.807) is 0 Å². The van der Waals surface area contributed by atoms with E-state index >= 15 is 0 Å². The molecule has 0 radical (unpaired) electrons. The van der Waals surface area contributed by atoms with Crippen molar-refractivity contribution in [1.82, 2.24) is 8.80 Å². The molecule has 0 atom stereocenters. The maximum Gasteiger partial charge on any atom is 0.0641 e. The second kappa shape index (κ2) is 20.5. The van der Waals surface area contributed by atoms with E-state index in [4.69, 9.17) is 0 Å². The number of fused-ring (bicyclic) bond motifs is 14. The molecule has 0 N–H and O–H groups in total. The van der Waals surface area contributed by atoms with Gasteiger partial charge in [-0.3, -0.25) is 0 Å². The van der Waals surface area contributed by atoms with E-state index in [1.807, 2.05) is 0 Å². The Kier molecular flexibility index (Phi) is 12.6. The quantitative estimate of drug-likeness (QED) is 0.151. The molecule has 4 nitrogen and oxygen atoms in total. The molecule has 0 amide bonds. The molecule has 0 fully saturated rings. The molecule has 0 unspecified atom stereocenters. The Morgan fingerprint density at radius 3 is 0.979 bits per heavy atom. The molecule has 0 spiro atoms. The minimum atomic E-state index is -0.103. The standard InChI is InChI=1S/C90H78N4/c1-87(2,3)61-37-43-75-73(49-61)83-77(91(65-27-15-13-16-28-65)79-51-63(89(7,8)9)35-39-67(79)59-33-31-55-23-19-21-25-57(55)47-59)45-41-69-71-54-82-72(53-81(71)93(75)85(69)83)70-42-46-78(84-74-50-62(88(4,5)6)38-44-76(74)94(82)86(70)84)92(66-29-17-14-18-30-66)80-52-64(90(10,11)12)36-40-68(80)60-34-32-56-24-20-22-26-58(56)48-60/h13-54H,1-12H3. The van der Waals surface area contributed by atoms with Crippen LogP contribution in [0, 0.1) is 0 Å². The Balaban J connectivity index is 0.964. The van der Waals surface area contributed by atoms with Gasteiger partial charge in [-0.25, -0.2) is 0 Å². The van der Waals surface area contributed by atoms with Crippen molar-refractivity contribution in [3.05, 3.63) is 277 Å². The van der Waals surface area contributed by atoms with Gasteiger partial charge in [-0.15, -0.1) is 0 Å². The summed E-state index contributed by atoms with van der Waals surface area (Å²) >= 11 is 0. The lowest BCUT2D eigenvalue weighted by atomic mass is 9.85. The highest BCUT2D eigenvalue weighted by atomic mass is 15.2. The van der Waals surface area contributed by atoms with Gasteiger partial charge in [-0.05, 0) is 174 Å². The Morgan fingerprint density at radius 2 is 0.596 bits per heavy atom. The zero-order chi connectivity index (χ0) is 64.5. The molecule has 4 heterocycles. The molecule has 0 bridgehead atoms. The largest absolute Gasteiger partial charge is 0.309 e. The molecule has 17 rings (SSSR count). The van der Waals surface area contributed by atoms with E-state index < -0.39 is 0 Å². The Morgan fingerprint density at radius 1 is 0.245 bits per heavy atom. The normalized spacial score (nSPS) is 12.9. The summed E-state index contributed by atoms with van der Waals surface area (Å²) < 4.78 is 5.23. The third-order valence-electron chi connectivity index (χ3n) is 20.5. The van der Waals surface area contributed by atoms with Crippen molar-refractivity contribution >= 4 is 132 Å². The predicted molar refractivity (Wildman–Crippen MR) is 406 cm³/mol. The van der Waals surface area contributed by atoms with Crippen LogP contribution in [0.4, 0.5) is 34.1 Å². The maximum absolute atomic E-state index is 2.62. The van der Waals surface area contributed by atoms with Gasteiger partial charge in [0, 0.05) is 65.6 Å². The Bertz CT molecular complexity index is 5530. The summed E-state index contributed by atoms with van der Waals surface area (Å²) in [7, 11) is 0. The van der Waals surface area contributed by atoms with Gasteiger partial charge in [0.2, 0.25) is 0 Å². The van der Waals surface area contributed by atoms with Gasteiger partial charge in [0.15, 0.2) is 0 Å². The van der Waals surface area contributed by atoms with Crippen LogP contribution in [-0.2, 0) is 21.7 Å². The van der Waals surface area contributed by atoms with Crippen LogP contribution in [0.25, 0.3) is 120 Å². The first kappa shape index (κ1) is 57.5. The van der Waals surface area contributed by atoms with Crippen LogP contribution < -0.4 is 9.80 Å². The van der Waals surface area contributed by atoms with Crippen molar-refractivity contribution in [2.24, 2.45) is 0 Å². The maximum atomic E-state index is 2.62. The topological polar surface area (TPSA) is 15.3 Å². The molecule has 4 heteroatoms. The van der Waals surface area contributed by atoms with Crippen LogP contribution in [0.3, 0.4) is 0 Å². The van der Waals surface area contributed by atoms with Crippen molar-refractivity contribution in [2.75, 3.05) is 9.80 Å². The number of rotatable bonds is 8. The van der Waals surface area contributed by atoms with Crippen molar-refractivity contribution < 1.29 is 0 Å². The van der Waals surface area contributed by atoms with Gasteiger partial charge in [0.1, 0.15) is 0 Å². The SMILES string of the molecule is CC(C)(C)c1ccc(-c2ccc3ccccc3c2)c(N(c2ccccc2)c2ccc3c4cc5c(cc4n4c6ccc(C(C)(C)C)cc6c2c34)c2ccc(N(c3ccccc3)c3cc(C(C)(C)C)ccc3-c3ccc4ccccc4c3)c3c4cc(C(C)(C)C)ccc4n5c23)c1. The summed E-state index contributed by atoms with van der Waals surface area (Å²) in [6, 6.07) is 97.3. The number of anilines is 6. The van der Waals surface area contributed by atoms with Gasteiger partial charge in [0.25, 0.3) is 0 Å². The summed E-state index contributed by atoms with van der Waals surface area (Å²) in [5.41, 5.74) is 23.7. The van der Waals surface area contributed by atoms with Crippen molar-refractivity contribution in [1.29, 1.82) is 0 Å². The van der Waals surface area contributed by atoms with Crippen molar-refractivity contribution in [2.45, 2.75) is 105 Å². The van der Waals surface area contributed by atoms with E-state index in [9.17, 15) is 0 Å². The van der Waals surface area contributed by atoms with Crippen molar-refractivity contribution in [3.8, 4) is 22.3 Å². The summed E-state index contributed by atoms with van der Waals surface area (Å²) in [6.45, 7) is 28.0. The highest BCUT2D eigenvalue weighted by Gasteiger charge is 2.32. The zero-order valence-corrected chi connectivity index (χ0v) is 56.0. The molecule has 0 saturated carbocycles. The van der Waals surface area contributed by atoms with Crippen LogP contribution >= 0.6 is 0 Å². The summed E-state index contributed by atoms with van der Waals surface area (Å²) in [5, 5.41) is 14.9. The molecule has 0 saturated heterocycles. The predicted octanol–water partition coefficient (Wildman–Crippen LogP) is 25.8. The second-order valence-corrected chi connectivity index (χ2v) is 30.7. The minimum Gasteiger partial charge on any atom is -0.309 e. The third kappa shape index (κ3) is 8.93. The van der Waals surface area contributed by atoms with E-state index in [0.29, 0.717) is 0 Å². The van der Waals surface area contributed by atoms with Gasteiger partial charge in [0.05, 0.1) is 55.8 Å². The van der Waals surface area contributed by atoms with E-state index in [0.717, 1.165) is 34.1 Å². The van der Waals surface area contributed by atoms with Crippen LogP contribution in [0.2, 0.25) is 0 Å². The van der Waals surface area contributed by atoms with Crippen LogP contribution in [-0.4, -0.2) is 8.80 Å². The third-order valence-corrected chi connectivity index (χ3v) is 20.5. The molecular formula is C90H78N4.